The standard InChI is InChI=1S/C27H25BrF3N5O4/c1-14-24(34-26(40)21-10-23(27(29,30)31)33-22-8-7-18(28)9-20(21)22)15(2)36(35-14)12-16-3-5-17(6-4-16)25(39)32-11-19(38)13-37/h3-10,19,37-38H,11-13H2,1-2H3,(H,32,39)(H,34,40)/t19-/m1/s1. The summed E-state index contributed by atoms with van der Waals surface area (Å²) >= 11 is 3.29. The van der Waals surface area contributed by atoms with Crippen molar-refractivity contribution >= 4 is 44.3 Å². The Morgan fingerprint density at radius 1 is 1.07 bits per heavy atom. The number of hydrogen-bond donors (Lipinski definition) is 4. The topological polar surface area (TPSA) is 129 Å². The Bertz CT molecular complexity index is 1570. The lowest BCUT2D eigenvalue weighted by Gasteiger charge is -2.13. The van der Waals surface area contributed by atoms with E-state index in [1.165, 1.54) is 6.07 Å². The van der Waals surface area contributed by atoms with Crippen LogP contribution >= 0.6 is 15.9 Å². The van der Waals surface area contributed by atoms with Gasteiger partial charge in [0.15, 0.2) is 0 Å². The van der Waals surface area contributed by atoms with E-state index in [9.17, 15) is 27.9 Å². The number of benzene rings is 2. The van der Waals surface area contributed by atoms with E-state index in [2.05, 4.69) is 36.6 Å². The number of rotatable bonds is 8. The first-order chi connectivity index (χ1) is 18.9. The monoisotopic (exact) mass is 619 g/mol. The van der Waals surface area contributed by atoms with Crippen LogP contribution in [0.3, 0.4) is 0 Å². The normalized spacial score (nSPS) is 12.4. The van der Waals surface area contributed by atoms with Crippen LogP contribution in [0.4, 0.5) is 18.9 Å². The van der Waals surface area contributed by atoms with Crippen LogP contribution in [-0.4, -0.2) is 56.0 Å². The van der Waals surface area contributed by atoms with Crippen molar-refractivity contribution < 1.29 is 33.0 Å². The lowest BCUT2D eigenvalue weighted by molar-refractivity contribution is -0.141. The number of nitrogens with zero attached hydrogens (tertiary/aromatic N) is 3. The number of carbonyl (C=O) groups is 2. The fraction of sp³-hybridized carbons (Fsp3) is 0.259. The highest BCUT2D eigenvalue weighted by Crippen LogP contribution is 2.32. The Hall–Kier alpha value is -3.81. The third-order valence-corrected chi connectivity index (χ3v) is 6.68. The van der Waals surface area contributed by atoms with E-state index in [-0.39, 0.29) is 23.0 Å². The first kappa shape index (κ1) is 29.2. The van der Waals surface area contributed by atoms with E-state index in [1.807, 2.05) is 0 Å². The molecule has 0 saturated carbocycles. The van der Waals surface area contributed by atoms with Gasteiger partial charge in [-0.25, -0.2) is 4.98 Å². The number of amides is 2. The molecule has 4 N–H and O–H groups in total. The highest BCUT2D eigenvalue weighted by molar-refractivity contribution is 9.10. The smallest absolute Gasteiger partial charge is 0.394 e. The number of aliphatic hydroxyl groups excluding tert-OH is 2. The second-order valence-electron chi connectivity index (χ2n) is 9.12. The van der Waals surface area contributed by atoms with Crippen molar-refractivity contribution in [2.45, 2.75) is 32.7 Å². The zero-order chi connectivity index (χ0) is 29.2. The van der Waals surface area contributed by atoms with E-state index >= 15 is 0 Å². The molecular weight excluding hydrogens is 595 g/mol. The predicted molar refractivity (Wildman–Crippen MR) is 145 cm³/mol. The van der Waals surface area contributed by atoms with Crippen LogP contribution in [0.2, 0.25) is 0 Å². The number of pyridine rings is 1. The largest absolute Gasteiger partial charge is 0.433 e. The molecule has 9 nitrogen and oxygen atoms in total. The summed E-state index contributed by atoms with van der Waals surface area (Å²) < 4.78 is 42.7. The van der Waals surface area contributed by atoms with Crippen LogP contribution in [0.1, 0.15) is 43.4 Å². The maximum atomic E-state index is 13.5. The summed E-state index contributed by atoms with van der Waals surface area (Å²) in [7, 11) is 0. The summed E-state index contributed by atoms with van der Waals surface area (Å²) in [6.07, 6.45) is -5.78. The summed E-state index contributed by atoms with van der Waals surface area (Å²) in [6.45, 7) is 3.16. The van der Waals surface area contributed by atoms with Crippen molar-refractivity contribution in [3.05, 3.63) is 86.8 Å². The number of anilines is 1. The van der Waals surface area contributed by atoms with Gasteiger partial charge in [-0.15, -0.1) is 0 Å². The van der Waals surface area contributed by atoms with E-state index in [0.717, 1.165) is 11.6 Å². The fourth-order valence-corrected chi connectivity index (χ4v) is 4.42. The minimum Gasteiger partial charge on any atom is -0.394 e. The number of aliphatic hydroxyl groups is 2. The number of hydrogen-bond acceptors (Lipinski definition) is 6. The molecule has 0 radical (unpaired) electrons. The molecule has 0 saturated heterocycles. The molecule has 40 heavy (non-hydrogen) atoms. The van der Waals surface area contributed by atoms with E-state index in [4.69, 9.17) is 5.11 Å². The average molecular weight is 620 g/mol. The van der Waals surface area contributed by atoms with E-state index in [1.54, 1.807) is 54.9 Å². The highest BCUT2D eigenvalue weighted by Gasteiger charge is 2.34. The van der Waals surface area contributed by atoms with E-state index < -0.39 is 36.4 Å². The maximum absolute atomic E-state index is 13.5. The Labute approximate surface area is 235 Å². The number of fused-ring (bicyclic) bond motifs is 1. The fourth-order valence-electron chi connectivity index (χ4n) is 4.06. The second-order valence-corrected chi connectivity index (χ2v) is 10.0. The van der Waals surface area contributed by atoms with Crippen LogP contribution in [0, 0.1) is 13.8 Å². The van der Waals surface area contributed by atoms with Crippen molar-refractivity contribution in [3.63, 3.8) is 0 Å². The van der Waals surface area contributed by atoms with Gasteiger partial charge in [-0.3, -0.25) is 14.3 Å². The van der Waals surface area contributed by atoms with Gasteiger partial charge >= 0.3 is 6.18 Å². The molecular formula is C27H25BrF3N5O4. The first-order valence-electron chi connectivity index (χ1n) is 12.1. The number of halogens is 4. The van der Waals surface area contributed by atoms with Gasteiger partial charge in [0.2, 0.25) is 0 Å². The van der Waals surface area contributed by atoms with Crippen LogP contribution < -0.4 is 10.6 Å². The van der Waals surface area contributed by atoms with Crippen molar-refractivity contribution in [2.24, 2.45) is 0 Å². The molecule has 4 aromatic rings. The summed E-state index contributed by atoms with van der Waals surface area (Å²) in [6, 6.07) is 11.9. The number of aryl methyl sites for hydroxylation is 1. The summed E-state index contributed by atoms with van der Waals surface area (Å²) in [4.78, 5) is 29.2. The molecule has 0 aliphatic carbocycles. The third-order valence-electron chi connectivity index (χ3n) is 6.18. The maximum Gasteiger partial charge on any atom is 0.433 e. The van der Waals surface area contributed by atoms with Gasteiger partial charge < -0.3 is 20.8 Å². The van der Waals surface area contributed by atoms with Gasteiger partial charge in [0, 0.05) is 22.0 Å². The van der Waals surface area contributed by atoms with Gasteiger partial charge in [-0.1, -0.05) is 28.1 Å². The molecule has 1 atom stereocenters. The van der Waals surface area contributed by atoms with Crippen LogP contribution in [-0.2, 0) is 12.7 Å². The Kier molecular flexibility index (Phi) is 8.57. The number of nitrogens with one attached hydrogen (secondary N) is 2. The van der Waals surface area contributed by atoms with Crippen LogP contribution in [0.25, 0.3) is 10.9 Å². The molecule has 4 rings (SSSR count). The zero-order valence-electron chi connectivity index (χ0n) is 21.4. The van der Waals surface area contributed by atoms with Crippen molar-refractivity contribution in [3.8, 4) is 0 Å². The summed E-state index contributed by atoms with van der Waals surface area (Å²) in [5, 5.41) is 28.2. The molecule has 13 heteroatoms. The molecule has 2 heterocycles. The first-order valence-corrected chi connectivity index (χ1v) is 12.9. The zero-order valence-corrected chi connectivity index (χ0v) is 23.0. The number of carbonyl (C=O) groups excluding carboxylic acids is 2. The highest BCUT2D eigenvalue weighted by atomic mass is 79.9. The van der Waals surface area contributed by atoms with Gasteiger partial charge in [0.25, 0.3) is 11.8 Å². The van der Waals surface area contributed by atoms with Crippen molar-refractivity contribution in [1.82, 2.24) is 20.1 Å². The van der Waals surface area contributed by atoms with Crippen molar-refractivity contribution in [2.75, 3.05) is 18.5 Å². The Morgan fingerprint density at radius 2 is 1.77 bits per heavy atom. The third kappa shape index (κ3) is 6.49. The van der Waals surface area contributed by atoms with Crippen LogP contribution in [0.15, 0.2) is 53.0 Å². The van der Waals surface area contributed by atoms with Gasteiger partial charge in [0.05, 0.1) is 47.4 Å². The molecule has 0 fully saturated rings. The molecule has 2 aromatic heterocycles. The lowest BCUT2D eigenvalue weighted by atomic mass is 10.1. The summed E-state index contributed by atoms with van der Waals surface area (Å²) in [5.41, 5.74) is 1.29. The minimum absolute atomic E-state index is 0.0361. The van der Waals surface area contributed by atoms with Gasteiger partial charge in [0.1, 0.15) is 5.69 Å². The molecule has 0 spiro atoms. The molecule has 0 aliphatic heterocycles. The minimum atomic E-state index is -4.73. The van der Waals surface area contributed by atoms with Gasteiger partial charge in [-0.2, -0.15) is 18.3 Å². The SMILES string of the molecule is Cc1nn(Cc2ccc(C(=O)NC[C@@H](O)CO)cc2)c(C)c1NC(=O)c1cc(C(F)(F)F)nc2ccc(Br)cc12. The molecule has 0 unspecified atom stereocenters. The number of alkyl halides is 3. The number of aromatic nitrogens is 3. The average Bonchev–Trinajstić information content (AvgIpc) is 3.17. The van der Waals surface area contributed by atoms with E-state index in [0.29, 0.717) is 33.7 Å². The lowest BCUT2D eigenvalue weighted by Crippen LogP contribution is -2.33. The molecule has 210 valence electrons. The molecule has 0 bridgehead atoms. The summed E-state index contributed by atoms with van der Waals surface area (Å²) in [5.74, 6) is -1.14. The van der Waals surface area contributed by atoms with Gasteiger partial charge in [-0.05, 0) is 55.8 Å². The molecule has 0 aliphatic rings. The Balaban J connectivity index is 1.55. The predicted octanol–water partition coefficient (Wildman–Crippen LogP) is 4.21. The van der Waals surface area contributed by atoms with Crippen LogP contribution in [0.5, 0.6) is 0 Å². The quantitative estimate of drug-likeness (QED) is 0.234. The van der Waals surface area contributed by atoms with Crippen molar-refractivity contribution in [1.29, 1.82) is 0 Å². The Morgan fingerprint density at radius 3 is 2.42 bits per heavy atom. The molecule has 2 amide bonds. The molecule has 2 aromatic carbocycles. The second kappa shape index (κ2) is 11.7.